The first-order chi connectivity index (χ1) is 7.47. The van der Waals surface area contributed by atoms with E-state index in [4.69, 9.17) is 15.6 Å². The maximum atomic E-state index is 10.6. The van der Waals surface area contributed by atoms with Gasteiger partial charge in [0.25, 0.3) is 0 Å². The number of aryl methyl sites for hydroxylation is 1. The third-order valence-corrected chi connectivity index (χ3v) is 3.37. The van der Waals surface area contributed by atoms with Crippen LogP contribution in [0.4, 0.5) is 0 Å². The smallest absolute Gasteiger partial charge is 0.305 e. The van der Waals surface area contributed by atoms with Crippen molar-refractivity contribution in [2.45, 2.75) is 19.4 Å². The van der Waals surface area contributed by atoms with Crippen LogP contribution in [0, 0.1) is 6.92 Å². The minimum atomic E-state index is -0.928. The minimum Gasteiger partial charge on any atom is -0.496 e. The van der Waals surface area contributed by atoms with Crippen molar-refractivity contribution in [3.8, 4) is 5.75 Å². The summed E-state index contributed by atoms with van der Waals surface area (Å²) in [6.07, 6.45) is -0.127. The van der Waals surface area contributed by atoms with E-state index < -0.39 is 12.0 Å². The highest BCUT2D eigenvalue weighted by molar-refractivity contribution is 9.10. The summed E-state index contributed by atoms with van der Waals surface area (Å²) in [5, 5.41) is 8.73. The second-order valence-electron chi connectivity index (χ2n) is 3.52. The summed E-state index contributed by atoms with van der Waals surface area (Å²) in [6, 6.07) is 3.10. The molecule has 0 bridgehead atoms. The number of carboxylic acids is 1. The maximum absolute atomic E-state index is 10.6. The second kappa shape index (κ2) is 5.32. The zero-order valence-corrected chi connectivity index (χ0v) is 10.7. The molecule has 1 unspecified atom stereocenters. The number of carboxylic acid groups (broad SMARTS) is 1. The number of hydrogen-bond donors (Lipinski definition) is 2. The van der Waals surface area contributed by atoms with Gasteiger partial charge >= 0.3 is 5.97 Å². The molecule has 0 aromatic heterocycles. The van der Waals surface area contributed by atoms with E-state index in [0.29, 0.717) is 11.3 Å². The number of benzene rings is 1. The molecular formula is C11H14BrNO3. The zero-order chi connectivity index (χ0) is 12.3. The molecule has 0 spiro atoms. The Labute approximate surface area is 103 Å². The van der Waals surface area contributed by atoms with Crippen molar-refractivity contribution in [2.24, 2.45) is 5.73 Å². The van der Waals surface area contributed by atoms with Crippen LogP contribution in [0.25, 0.3) is 0 Å². The SMILES string of the molecule is COc1ccc(C)c(Br)c1C(N)CC(=O)O. The Morgan fingerprint density at radius 2 is 2.25 bits per heavy atom. The van der Waals surface area contributed by atoms with E-state index in [1.807, 2.05) is 13.0 Å². The molecule has 3 N–H and O–H groups in total. The third kappa shape index (κ3) is 2.74. The van der Waals surface area contributed by atoms with Crippen molar-refractivity contribution in [1.29, 1.82) is 0 Å². The van der Waals surface area contributed by atoms with Crippen molar-refractivity contribution in [1.82, 2.24) is 0 Å². The van der Waals surface area contributed by atoms with Gasteiger partial charge < -0.3 is 15.6 Å². The van der Waals surface area contributed by atoms with Crippen molar-refractivity contribution < 1.29 is 14.6 Å². The quantitative estimate of drug-likeness (QED) is 0.891. The van der Waals surface area contributed by atoms with E-state index in [1.165, 1.54) is 7.11 Å². The largest absolute Gasteiger partial charge is 0.496 e. The molecule has 0 saturated carbocycles. The number of hydrogen-bond acceptors (Lipinski definition) is 3. The van der Waals surface area contributed by atoms with Crippen LogP contribution in [0.3, 0.4) is 0 Å². The summed E-state index contributed by atoms with van der Waals surface area (Å²) in [4.78, 5) is 10.6. The van der Waals surface area contributed by atoms with Gasteiger partial charge in [0.05, 0.1) is 13.5 Å². The Morgan fingerprint density at radius 1 is 1.62 bits per heavy atom. The molecule has 1 aromatic carbocycles. The lowest BCUT2D eigenvalue weighted by molar-refractivity contribution is -0.137. The van der Waals surface area contributed by atoms with E-state index in [9.17, 15) is 4.79 Å². The van der Waals surface area contributed by atoms with Gasteiger partial charge in [0.1, 0.15) is 5.75 Å². The highest BCUT2D eigenvalue weighted by Crippen LogP contribution is 2.35. The van der Waals surface area contributed by atoms with Gasteiger partial charge in [-0.15, -0.1) is 0 Å². The van der Waals surface area contributed by atoms with Crippen molar-refractivity contribution in [3.63, 3.8) is 0 Å². The van der Waals surface area contributed by atoms with Crippen LogP contribution in [0.2, 0.25) is 0 Å². The molecule has 0 heterocycles. The number of carbonyl (C=O) groups is 1. The third-order valence-electron chi connectivity index (χ3n) is 2.32. The first kappa shape index (κ1) is 13.0. The lowest BCUT2D eigenvalue weighted by Gasteiger charge is -2.17. The molecular weight excluding hydrogens is 274 g/mol. The van der Waals surface area contributed by atoms with Crippen molar-refractivity contribution in [2.75, 3.05) is 7.11 Å². The fourth-order valence-electron chi connectivity index (χ4n) is 1.50. The average Bonchev–Trinajstić information content (AvgIpc) is 2.20. The summed E-state index contributed by atoms with van der Waals surface area (Å²) in [5.41, 5.74) is 7.55. The van der Waals surface area contributed by atoms with Crippen LogP contribution in [-0.4, -0.2) is 18.2 Å². The lowest BCUT2D eigenvalue weighted by Crippen LogP contribution is -2.16. The Bertz CT molecular complexity index is 406. The number of aliphatic carboxylic acids is 1. The zero-order valence-electron chi connectivity index (χ0n) is 9.16. The lowest BCUT2D eigenvalue weighted by atomic mass is 10.0. The van der Waals surface area contributed by atoms with Crippen LogP contribution >= 0.6 is 15.9 Å². The van der Waals surface area contributed by atoms with Crippen molar-refractivity contribution in [3.05, 3.63) is 27.7 Å². The van der Waals surface area contributed by atoms with Crippen LogP contribution in [0.5, 0.6) is 5.75 Å². The molecule has 88 valence electrons. The van der Waals surface area contributed by atoms with E-state index in [1.54, 1.807) is 6.07 Å². The minimum absolute atomic E-state index is 0.127. The molecule has 0 aliphatic carbocycles. The van der Waals surface area contributed by atoms with Crippen LogP contribution in [0.1, 0.15) is 23.6 Å². The molecule has 5 heteroatoms. The molecule has 16 heavy (non-hydrogen) atoms. The Morgan fingerprint density at radius 3 is 2.75 bits per heavy atom. The summed E-state index contributed by atoms with van der Waals surface area (Å²) in [7, 11) is 1.54. The fourth-order valence-corrected chi connectivity index (χ4v) is 2.12. The second-order valence-corrected chi connectivity index (χ2v) is 4.31. The Balaban J connectivity index is 3.18. The summed E-state index contributed by atoms with van der Waals surface area (Å²) >= 11 is 3.41. The van der Waals surface area contributed by atoms with E-state index >= 15 is 0 Å². The van der Waals surface area contributed by atoms with Gasteiger partial charge in [-0.25, -0.2) is 0 Å². The number of methoxy groups -OCH3 is 1. The summed E-state index contributed by atoms with van der Waals surface area (Å²) < 4.78 is 5.99. The normalized spacial score (nSPS) is 12.2. The first-order valence-electron chi connectivity index (χ1n) is 4.77. The average molecular weight is 288 g/mol. The predicted molar refractivity (Wildman–Crippen MR) is 64.6 cm³/mol. The molecule has 1 aromatic rings. The van der Waals surface area contributed by atoms with Gasteiger partial charge in [-0.2, -0.15) is 0 Å². The van der Waals surface area contributed by atoms with Gasteiger partial charge in [-0.05, 0) is 18.6 Å². The highest BCUT2D eigenvalue weighted by Gasteiger charge is 2.19. The number of rotatable bonds is 4. The van der Waals surface area contributed by atoms with Gasteiger partial charge in [-0.3, -0.25) is 4.79 Å². The molecule has 1 atom stereocenters. The molecule has 0 radical (unpaired) electrons. The number of ether oxygens (including phenoxy) is 1. The van der Waals surface area contributed by atoms with Crippen LogP contribution in [-0.2, 0) is 4.79 Å². The Hall–Kier alpha value is -1.07. The van der Waals surface area contributed by atoms with Gasteiger partial charge in [-0.1, -0.05) is 22.0 Å². The monoisotopic (exact) mass is 287 g/mol. The van der Waals surface area contributed by atoms with E-state index in [2.05, 4.69) is 15.9 Å². The molecule has 0 fully saturated rings. The molecule has 0 aliphatic rings. The Kier molecular flexibility index (Phi) is 4.32. The standard InChI is InChI=1S/C11H14BrNO3/c1-6-3-4-8(16-2)10(11(6)12)7(13)5-9(14)15/h3-4,7H,5,13H2,1-2H3,(H,14,15). The summed E-state index contributed by atoms with van der Waals surface area (Å²) in [5.74, 6) is -0.325. The van der Waals surface area contributed by atoms with E-state index in [-0.39, 0.29) is 6.42 Å². The number of halogens is 1. The fraction of sp³-hybridized carbons (Fsp3) is 0.364. The van der Waals surface area contributed by atoms with Gasteiger partial charge in [0, 0.05) is 16.1 Å². The molecule has 0 saturated heterocycles. The molecule has 0 aliphatic heterocycles. The van der Waals surface area contributed by atoms with Gasteiger partial charge in [0.15, 0.2) is 0 Å². The molecule has 0 amide bonds. The van der Waals surface area contributed by atoms with Crippen LogP contribution < -0.4 is 10.5 Å². The maximum Gasteiger partial charge on any atom is 0.305 e. The molecule has 1 rings (SSSR count). The van der Waals surface area contributed by atoms with E-state index in [0.717, 1.165) is 10.0 Å². The first-order valence-corrected chi connectivity index (χ1v) is 5.57. The molecule has 4 nitrogen and oxygen atoms in total. The van der Waals surface area contributed by atoms with Crippen molar-refractivity contribution >= 4 is 21.9 Å². The highest BCUT2D eigenvalue weighted by atomic mass is 79.9. The van der Waals surface area contributed by atoms with Gasteiger partial charge in [0.2, 0.25) is 0 Å². The predicted octanol–water partition coefficient (Wildman–Crippen LogP) is 2.24. The number of nitrogens with two attached hydrogens (primary N) is 1. The topological polar surface area (TPSA) is 72.5 Å². The summed E-state index contributed by atoms with van der Waals surface area (Å²) in [6.45, 7) is 1.92. The van der Waals surface area contributed by atoms with Crippen LogP contribution in [0.15, 0.2) is 16.6 Å².